The van der Waals surface area contributed by atoms with Gasteiger partial charge in [0, 0.05) is 11.1 Å². The predicted molar refractivity (Wildman–Crippen MR) is 89.4 cm³/mol. The summed E-state index contributed by atoms with van der Waals surface area (Å²) in [5, 5.41) is 9.85. The molecule has 1 N–H and O–H groups in total. The largest absolute Gasteiger partial charge is 0.503 e. The standard InChI is InChI=1S/C18H15BrO3/c1-22-16-10-11(9-15(19)18(16)21)8-13-7-6-12-4-2-3-5-14(12)17(13)20/h2-5,8-10,21H,6-7H2,1H3/b13-8+. The summed E-state index contributed by atoms with van der Waals surface area (Å²) in [4.78, 5) is 12.6. The van der Waals surface area contributed by atoms with Crippen LogP contribution in [0.3, 0.4) is 0 Å². The molecule has 0 heterocycles. The van der Waals surface area contributed by atoms with Crippen molar-refractivity contribution in [2.45, 2.75) is 12.8 Å². The minimum atomic E-state index is 0.0602. The van der Waals surface area contributed by atoms with Gasteiger partial charge in [-0.3, -0.25) is 4.79 Å². The van der Waals surface area contributed by atoms with Crippen molar-refractivity contribution in [1.29, 1.82) is 0 Å². The van der Waals surface area contributed by atoms with Crippen molar-refractivity contribution >= 4 is 27.8 Å². The average Bonchev–Trinajstić information content (AvgIpc) is 2.53. The van der Waals surface area contributed by atoms with Crippen LogP contribution in [0.5, 0.6) is 11.5 Å². The van der Waals surface area contributed by atoms with Crippen molar-refractivity contribution in [2.24, 2.45) is 0 Å². The quantitative estimate of drug-likeness (QED) is 0.810. The van der Waals surface area contributed by atoms with Crippen LogP contribution in [0.4, 0.5) is 0 Å². The highest BCUT2D eigenvalue weighted by atomic mass is 79.9. The van der Waals surface area contributed by atoms with Crippen LogP contribution in [0.2, 0.25) is 0 Å². The minimum absolute atomic E-state index is 0.0602. The number of carbonyl (C=O) groups excluding carboxylic acids is 1. The van der Waals surface area contributed by atoms with Crippen molar-refractivity contribution in [2.75, 3.05) is 7.11 Å². The van der Waals surface area contributed by atoms with Gasteiger partial charge in [-0.25, -0.2) is 0 Å². The number of phenols is 1. The van der Waals surface area contributed by atoms with Gasteiger partial charge < -0.3 is 9.84 Å². The van der Waals surface area contributed by atoms with E-state index < -0.39 is 0 Å². The number of hydrogen-bond acceptors (Lipinski definition) is 3. The molecule has 0 saturated heterocycles. The Morgan fingerprint density at radius 1 is 1.23 bits per heavy atom. The number of allylic oxidation sites excluding steroid dienone is 1. The van der Waals surface area contributed by atoms with Gasteiger partial charge in [-0.2, -0.15) is 0 Å². The molecule has 4 heteroatoms. The molecule has 0 aliphatic heterocycles. The Morgan fingerprint density at radius 2 is 2.00 bits per heavy atom. The number of aromatic hydroxyl groups is 1. The summed E-state index contributed by atoms with van der Waals surface area (Å²) in [6, 6.07) is 11.2. The number of rotatable bonds is 2. The molecule has 2 aromatic rings. The fourth-order valence-corrected chi connectivity index (χ4v) is 3.15. The maximum Gasteiger partial charge on any atom is 0.189 e. The number of aryl methyl sites for hydroxylation is 1. The van der Waals surface area contributed by atoms with Crippen LogP contribution in [0.15, 0.2) is 46.4 Å². The predicted octanol–water partition coefficient (Wildman–Crippen LogP) is 4.38. The lowest BCUT2D eigenvalue weighted by molar-refractivity contribution is 0.102. The van der Waals surface area contributed by atoms with Gasteiger partial charge in [-0.15, -0.1) is 0 Å². The lowest BCUT2D eigenvalue weighted by Crippen LogP contribution is -2.13. The zero-order valence-electron chi connectivity index (χ0n) is 12.1. The molecule has 0 unspecified atom stereocenters. The highest BCUT2D eigenvalue weighted by Crippen LogP contribution is 2.36. The van der Waals surface area contributed by atoms with Gasteiger partial charge in [0.15, 0.2) is 17.3 Å². The summed E-state index contributed by atoms with van der Waals surface area (Å²) in [7, 11) is 1.50. The summed E-state index contributed by atoms with van der Waals surface area (Å²) in [5.41, 5.74) is 3.49. The topological polar surface area (TPSA) is 46.5 Å². The molecule has 22 heavy (non-hydrogen) atoms. The molecule has 0 radical (unpaired) electrons. The van der Waals surface area contributed by atoms with Gasteiger partial charge in [0.05, 0.1) is 11.6 Å². The highest BCUT2D eigenvalue weighted by Gasteiger charge is 2.21. The summed E-state index contributed by atoms with van der Waals surface area (Å²) in [6.07, 6.45) is 3.45. The lowest BCUT2D eigenvalue weighted by Gasteiger charge is -2.17. The van der Waals surface area contributed by atoms with Crippen LogP contribution >= 0.6 is 15.9 Å². The third-order valence-electron chi connectivity index (χ3n) is 3.83. The molecule has 0 amide bonds. The number of halogens is 1. The van der Waals surface area contributed by atoms with Crippen molar-refractivity contribution in [3.05, 3.63) is 63.1 Å². The normalized spacial score (nSPS) is 15.7. The second kappa shape index (κ2) is 5.97. The smallest absolute Gasteiger partial charge is 0.189 e. The van der Waals surface area contributed by atoms with Gasteiger partial charge in [-0.05, 0) is 58.1 Å². The first-order valence-electron chi connectivity index (χ1n) is 7.00. The van der Waals surface area contributed by atoms with Crippen LogP contribution in [0.25, 0.3) is 6.08 Å². The van der Waals surface area contributed by atoms with Crippen LogP contribution in [0.1, 0.15) is 27.9 Å². The molecule has 1 aliphatic rings. The van der Waals surface area contributed by atoms with E-state index in [1.165, 1.54) is 7.11 Å². The fraction of sp³-hybridized carbons (Fsp3) is 0.167. The molecule has 3 rings (SSSR count). The average molecular weight is 359 g/mol. The summed E-state index contributed by atoms with van der Waals surface area (Å²) in [6.45, 7) is 0. The fourth-order valence-electron chi connectivity index (χ4n) is 2.69. The third kappa shape index (κ3) is 2.66. The number of ether oxygens (including phenoxy) is 1. The zero-order chi connectivity index (χ0) is 15.7. The summed E-state index contributed by atoms with van der Waals surface area (Å²) < 4.78 is 5.69. The van der Waals surface area contributed by atoms with E-state index in [1.807, 2.05) is 30.3 Å². The maximum absolute atomic E-state index is 12.6. The number of Topliss-reactive ketones (excluding diaryl/α,β-unsaturated/α-hetero) is 1. The minimum Gasteiger partial charge on any atom is -0.503 e. The Hall–Kier alpha value is -2.07. The molecule has 0 aromatic heterocycles. The number of ketones is 1. The molecular weight excluding hydrogens is 344 g/mol. The molecule has 3 nitrogen and oxygen atoms in total. The van der Waals surface area contributed by atoms with E-state index in [1.54, 1.807) is 12.1 Å². The number of benzene rings is 2. The van der Waals surface area contributed by atoms with Crippen LogP contribution < -0.4 is 4.74 Å². The van der Waals surface area contributed by atoms with E-state index in [2.05, 4.69) is 15.9 Å². The Morgan fingerprint density at radius 3 is 2.77 bits per heavy atom. The molecule has 0 saturated carbocycles. The van der Waals surface area contributed by atoms with Crippen molar-refractivity contribution in [3.8, 4) is 11.5 Å². The van der Waals surface area contributed by atoms with Gasteiger partial charge in [0.1, 0.15) is 0 Å². The van der Waals surface area contributed by atoms with Crippen molar-refractivity contribution < 1.29 is 14.6 Å². The lowest BCUT2D eigenvalue weighted by atomic mass is 9.86. The Bertz CT molecular complexity index is 778. The van der Waals surface area contributed by atoms with E-state index in [4.69, 9.17) is 4.74 Å². The van der Waals surface area contributed by atoms with Crippen LogP contribution in [-0.2, 0) is 6.42 Å². The Balaban J connectivity index is 2.00. The van der Waals surface area contributed by atoms with Crippen molar-refractivity contribution in [3.63, 3.8) is 0 Å². The number of methoxy groups -OCH3 is 1. The first kappa shape index (κ1) is 14.9. The third-order valence-corrected chi connectivity index (χ3v) is 4.43. The summed E-state index contributed by atoms with van der Waals surface area (Å²) >= 11 is 3.30. The molecule has 1 aliphatic carbocycles. The molecule has 2 aromatic carbocycles. The van der Waals surface area contributed by atoms with E-state index in [0.29, 0.717) is 10.2 Å². The molecule has 0 fully saturated rings. The first-order chi connectivity index (χ1) is 10.6. The van der Waals surface area contributed by atoms with E-state index in [-0.39, 0.29) is 11.5 Å². The van der Waals surface area contributed by atoms with Crippen LogP contribution in [0, 0.1) is 0 Å². The SMILES string of the molecule is COc1cc(/C=C2\CCc3ccccc3C2=O)cc(Br)c1O. The zero-order valence-corrected chi connectivity index (χ0v) is 13.7. The van der Waals surface area contributed by atoms with Gasteiger partial charge in [0.25, 0.3) is 0 Å². The summed E-state index contributed by atoms with van der Waals surface area (Å²) in [5.74, 6) is 0.514. The molecule has 0 bridgehead atoms. The maximum atomic E-state index is 12.6. The van der Waals surface area contributed by atoms with Gasteiger partial charge in [0.2, 0.25) is 0 Å². The molecule has 0 atom stereocenters. The van der Waals surface area contributed by atoms with E-state index in [9.17, 15) is 9.90 Å². The number of carbonyl (C=O) groups is 1. The Labute approximate surface area is 137 Å². The number of fused-ring (bicyclic) bond motifs is 1. The molecule has 112 valence electrons. The number of hydrogen-bond donors (Lipinski definition) is 1. The highest BCUT2D eigenvalue weighted by molar-refractivity contribution is 9.10. The first-order valence-corrected chi connectivity index (χ1v) is 7.79. The van der Waals surface area contributed by atoms with E-state index >= 15 is 0 Å². The second-order valence-corrected chi connectivity index (χ2v) is 6.06. The Kier molecular flexibility index (Phi) is 4.03. The second-order valence-electron chi connectivity index (χ2n) is 5.21. The van der Waals surface area contributed by atoms with E-state index in [0.717, 1.165) is 35.1 Å². The number of phenolic OH excluding ortho intramolecular Hbond substituents is 1. The van der Waals surface area contributed by atoms with Crippen LogP contribution in [-0.4, -0.2) is 18.0 Å². The van der Waals surface area contributed by atoms with Crippen molar-refractivity contribution in [1.82, 2.24) is 0 Å². The monoisotopic (exact) mass is 358 g/mol. The van der Waals surface area contributed by atoms with Gasteiger partial charge >= 0.3 is 0 Å². The molecular formula is C18H15BrO3. The molecule has 0 spiro atoms. The van der Waals surface area contributed by atoms with Gasteiger partial charge in [-0.1, -0.05) is 24.3 Å².